The molecule has 3 aromatic carbocycles. The summed E-state index contributed by atoms with van der Waals surface area (Å²) in [6.07, 6.45) is 0.676. The van der Waals surface area contributed by atoms with Crippen molar-refractivity contribution in [2.75, 3.05) is 12.4 Å². The molecule has 1 N–H and O–H groups in total. The van der Waals surface area contributed by atoms with Crippen molar-refractivity contribution in [3.63, 3.8) is 0 Å². The fourth-order valence-corrected chi connectivity index (χ4v) is 3.75. The molecular weight excluding hydrogens is 388 g/mol. The van der Waals surface area contributed by atoms with Gasteiger partial charge in [-0.3, -0.25) is 4.79 Å². The molecule has 0 saturated heterocycles. The fourth-order valence-electron chi connectivity index (χ4n) is 3.75. The molecule has 1 aliphatic heterocycles. The SMILES string of the molecule is CCC(C)Oc1ccc(C2Nc3ccccc3C(=O)N2Cc2ccccc2)cc1OC. The molecule has 5 heteroatoms. The van der Waals surface area contributed by atoms with Crippen LogP contribution in [0.25, 0.3) is 0 Å². The number of para-hydroxylation sites is 1. The zero-order chi connectivity index (χ0) is 21.8. The number of amides is 1. The van der Waals surface area contributed by atoms with Crippen molar-refractivity contribution in [3.8, 4) is 11.5 Å². The zero-order valence-electron chi connectivity index (χ0n) is 18.2. The number of anilines is 1. The van der Waals surface area contributed by atoms with Gasteiger partial charge in [-0.05, 0) is 48.7 Å². The lowest BCUT2D eigenvalue weighted by molar-refractivity contribution is 0.0666. The number of rotatable bonds is 7. The molecule has 1 aliphatic rings. The first-order chi connectivity index (χ1) is 15.1. The highest BCUT2D eigenvalue weighted by atomic mass is 16.5. The molecule has 0 bridgehead atoms. The van der Waals surface area contributed by atoms with Crippen molar-refractivity contribution in [3.05, 3.63) is 89.5 Å². The summed E-state index contributed by atoms with van der Waals surface area (Å²) in [6, 6.07) is 23.5. The molecule has 0 radical (unpaired) electrons. The number of benzene rings is 3. The van der Waals surface area contributed by atoms with Gasteiger partial charge < -0.3 is 19.7 Å². The smallest absolute Gasteiger partial charge is 0.258 e. The van der Waals surface area contributed by atoms with Crippen LogP contribution in [0.1, 0.15) is 47.9 Å². The second-order valence-electron chi connectivity index (χ2n) is 7.76. The Morgan fingerprint density at radius 3 is 2.48 bits per heavy atom. The first-order valence-corrected chi connectivity index (χ1v) is 10.7. The largest absolute Gasteiger partial charge is 0.493 e. The van der Waals surface area contributed by atoms with Crippen LogP contribution in [0.4, 0.5) is 5.69 Å². The molecule has 0 aromatic heterocycles. The lowest BCUT2D eigenvalue weighted by atomic mass is 10.0. The number of carbonyl (C=O) groups is 1. The topological polar surface area (TPSA) is 50.8 Å². The second-order valence-corrected chi connectivity index (χ2v) is 7.76. The van der Waals surface area contributed by atoms with Crippen molar-refractivity contribution < 1.29 is 14.3 Å². The monoisotopic (exact) mass is 416 g/mol. The Bertz CT molecular complexity index is 1050. The molecule has 0 aliphatic carbocycles. The minimum absolute atomic E-state index is 0.00195. The van der Waals surface area contributed by atoms with Crippen molar-refractivity contribution >= 4 is 11.6 Å². The van der Waals surface area contributed by atoms with E-state index >= 15 is 0 Å². The number of nitrogens with one attached hydrogen (secondary N) is 1. The van der Waals surface area contributed by atoms with Gasteiger partial charge in [0.2, 0.25) is 0 Å². The summed E-state index contributed by atoms with van der Waals surface area (Å²) in [7, 11) is 1.64. The van der Waals surface area contributed by atoms with Gasteiger partial charge in [-0.25, -0.2) is 0 Å². The number of nitrogens with zero attached hydrogens (tertiary/aromatic N) is 1. The van der Waals surface area contributed by atoms with Crippen LogP contribution in [0.5, 0.6) is 11.5 Å². The van der Waals surface area contributed by atoms with Gasteiger partial charge in [0.1, 0.15) is 6.17 Å². The normalized spacial score (nSPS) is 16.3. The summed E-state index contributed by atoms with van der Waals surface area (Å²) in [5.74, 6) is 1.37. The number of fused-ring (bicyclic) bond motifs is 1. The minimum Gasteiger partial charge on any atom is -0.493 e. The number of hydrogen-bond acceptors (Lipinski definition) is 4. The molecule has 5 nitrogen and oxygen atoms in total. The van der Waals surface area contributed by atoms with Gasteiger partial charge in [-0.15, -0.1) is 0 Å². The summed E-state index contributed by atoms with van der Waals surface area (Å²) in [5.41, 5.74) is 3.52. The van der Waals surface area contributed by atoms with Crippen LogP contribution in [0.2, 0.25) is 0 Å². The Morgan fingerprint density at radius 2 is 1.74 bits per heavy atom. The zero-order valence-corrected chi connectivity index (χ0v) is 18.2. The van der Waals surface area contributed by atoms with E-state index in [1.807, 2.05) is 84.6 Å². The highest BCUT2D eigenvalue weighted by Crippen LogP contribution is 2.38. The Hall–Kier alpha value is -3.47. The molecule has 0 fully saturated rings. The quantitative estimate of drug-likeness (QED) is 0.542. The van der Waals surface area contributed by atoms with Gasteiger partial charge >= 0.3 is 0 Å². The molecule has 4 rings (SSSR count). The van der Waals surface area contributed by atoms with Gasteiger partial charge in [0.15, 0.2) is 11.5 Å². The molecule has 2 atom stereocenters. The Morgan fingerprint density at radius 1 is 1.00 bits per heavy atom. The number of hydrogen-bond donors (Lipinski definition) is 1. The third-order valence-electron chi connectivity index (χ3n) is 5.62. The molecule has 1 amide bonds. The molecule has 2 unspecified atom stereocenters. The molecule has 0 spiro atoms. The van der Waals surface area contributed by atoms with Crippen LogP contribution in [0.3, 0.4) is 0 Å². The van der Waals surface area contributed by atoms with E-state index < -0.39 is 0 Å². The summed E-state index contributed by atoms with van der Waals surface area (Å²) in [6.45, 7) is 4.62. The lowest BCUT2D eigenvalue weighted by Gasteiger charge is -2.38. The first-order valence-electron chi connectivity index (χ1n) is 10.7. The molecule has 160 valence electrons. The molecule has 1 heterocycles. The van der Waals surface area contributed by atoms with Crippen LogP contribution in [0.15, 0.2) is 72.8 Å². The van der Waals surface area contributed by atoms with Crippen molar-refractivity contribution in [1.29, 1.82) is 0 Å². The molecule has 0 saturated carbocycles. The van der Waals surface area contributed by atoms with Crippen LogP contribution >= 0.6 is 0 Å². The maximum Gasteiger partial charge on any atom is 0.258 e. The lowest BCUT2D eigenvalue weighted by Crippen LogP contribution is -2.42. The molecule has 3 aromatic rings. The second kappa shape index (κ2) is 9.13. The number of methoxy groups -OCH3 is 1. The fraction of sp³-hybridized carbons (Fsp3) is 0.269. The average Bonchev–Trinajstić information content (AvgIpc) is 2.81. The van der Waals surface area contributed by atoms with E-state index in [1.165, 1.54) is 0 Å². The van der Waals surface area contributed by atoms with Gasteiger partial charge in [-0.1, -0.05) is 55.5 Å². The van der Waals surface area contributed by atoms with E-state index in [1.54, 1.807) is 7.11 Å². The van der Waals surface area contributed by atoms with Crippen molar-refractivity contribution in [2.24, 2.45) is 0 Å². The highest BCUT2D eigenvalue weighted by molar-refractivity contribution is 6.01. The van der Waals surface area contributed by atoms with E-state index in [4.69, 9.17) is 9.47 Å². The average molecular weight is 417 g/mol. The Kier molecular flexibility index (Phi) is 6.12. The Labute approximate surface area is 183 Å². The van der Waals surface area contributed by atoms with Crippen LogP contribution < -0.4 is 14.8 Å². The van der Waals surface area contributed by atoms with Gasteiger partial charge in [0.05, 0.1) is 18.8 Å². The number of carbonyl (C=O) groups excluding carboxylic acids is 1. The van der Waals surface area contributed by atoms with Crippen molar-refractivity contribution in [2.45, 2.75) is 39.1 Å². The standard InChI is InChI=1S/C26H28N2O3/c1-4-18(2)31-23-15-14-20(16-24(23)30-3)25-27-22-13-9-8-12-21(22)26(29)28(25)17-19-10-6-5-7-11-19/h5-16,18,25,27H,4,17H2,1-3H3. The van der Waals surface area contributed by atoms with Crippen molar-refractivity contribution in [1.82, 2.24) is 4.90 Å². The third-order valence-corrected chi connectivity index (χ3v) is 5.62. The van der Waals surface area contributed by atoms with E-state index in [0.717, 1.165) is 23.2 Å². The Balaban J connectivity index is 1.72. The molecule has 31 heavy (non-hydrogen) atoms. The van der Waals surface area contributed by atoms with E-state index in [2.05, 4.69) is 12.2 Å². The van der Waals surface area contributed by atoms with Gasteiger partial charge in [0, 0.05) is 12.2 Å². The van der Waals surface area contributed by atoms with E-state index in [-0.39, 0.29) is 18.2 Å². The van der Waals surface area contributed by atoms with Crippen LogP contribution in [-0.2, 0) is 6.54 Å². The van der Waals surface area contributed by atoms with E-state index in [9.17, 15) is 4.79 Å². The minimum atomic E-state index is -0.325. The maximum absolute atomic E-state index is 13.4. The summed E-state index contributed by atoms with van der Waals surface area (Å²) < 4.78 is 11.6. The van der Waals surface area contributed by atoms with Gasteiger partial charge in [0.25, 0.3) is 5.91 Å². The predicted octanol–water partition coefficient (Wildman–Crippen LogP) is 5.64. The molecular formula is C26H28N2O3. The maximum atomic E-state index is 13.4. The summed E-state index contributed by atoms with van der Waals surface area (Å²) >= 11 is 0. The van der Waals surface area contributed by atoms with E-state index in [0.29, 0.717) is 23.6 Å². The van der Waals surface area contributed by atoms with Gasteiger partial charge in [-0.2, -0.15) is 0 Å². The van der Waals surface area contributed by atoms with Crippen LogP contribution in [-0.4, -0.2) is 24.0 Å². The third kappa shape index (κ3) is 4.36. The number of ether oxygens (including phenoxy) is 2. The predicted molar refractivity (Wildman–Crippen MR) is 122 cm³/mol. The summed E-state index contributed by atoms with van der Waals surface area (Å²) in [5, 5.41) is 3.55. The first kappa shape index (κ1) is 20.8. The summed E-state index contributed by atoms with van der Waals surface area (Å²) in [4.78, 5) is 15.3. The van der Waals surface area contributed by atoms with Crippen LogP contribution in [0, 0.1) is 0 Å². The highest BCUT2D eigenvalue weighted by Gasteiger charge is 2.33.